The molecule has 0 atom stereocenters. The molecule has 31 heavy (non-hydrogen) atoms. The highest BCUT2D eigenvalue weighted by atomic mass is 32.2. The molecular formula is C22H25N5O3S. The third-order valence-corrected chi connectivity index (χ3v) is 5.15. The minimum Gasteiger partial charge on any atom is -0.491 e. The van der Waals surface area contributed by atoms with E-state index in [0.717, 1.165) is 0 Å². The number of anilines is 2. The molecule has 0 saturated carbocycles. The van der Waals surface area contributed by atoms with Crippen molar-refractivity contribution in [2.75, 3.05) is 23.0 Å². The first-order valence-electron chi connectivity index (χ1n) is 9.82. The lowest BCUT2D eigenvalue weighted by atomic mass is 10.1. The Bertz CT molecular complexity index is 1050. The molecule has 3 rings (SSSR count). The fourth-order valence-electron chi connectivity index (χ4n) is 2.62. The van der Waals surface area contributed by atoms with E-state index in [2.05, 4.69) is 34.7 Å². The van der Waals surface area contributed by atoms with Crippen LogP contribution in [0.1, 0.15) is 24.2 Å². The molecule has 162 valence electrons. The van der Waals surface area contributed by atoms with Crippen LogP contribution in [0.4, 0.5) is 11.4 Å². The van der Waals surface area contributed by atoms with Crippen molar-refractivity contribution >= 4 is 35.0 Å². The lowest BCUT2D eigenvalue weighted by Crippen LogP contribution is -2.16. The number of aromatic nitrogens is 3. The highest BCUT2D eigenvalue weighted by Crippen LogP contribution is 2.25. The predicted octanol–water partition coefficient (Wildman–Crippen LogP) is 3.83. The van der Waals surface area contributed by atoms with Crippen molar-refractivity contribution in [3.05, 3.63) is 60.4 Å². The lowest BCUT2D eigenvalue weighted by Gasteiger charge is -2.14. The third-order valence-electron chi connectivity index (χ3n) is 4.12. The van der Waals surface area contributed by atoms with Crippen LogP contribution in [0.25, 0.3) is 0 Å². The largest absolute Gasteiger partial charge is 0.491 e. The Morgan fingerprint density at radius 1 is 1.13 bits per heavy atom. The van der Waals surface area contributed by atoms with E-state index in [9.17, 15) is 9.59 Å². The van der Waals surface area contributed by atoms with Gasteiger partial charge in [-0.15, -0.1) is 10.2 Å². The van der Waals surface area contributed by atoms with E-state index < -0.39 is 0 Å². The molecular weight excluding hydrogens is 414 g/mol. The van der Waals surface area contributed by atoms with Crippen LogP contribution in [0.15, 0.2) is 60.0 Å². The first-order valence-corrected chi connectivity index (χ1v) is 10.8. The first-order chi connectivity index (χ1) is 14.9. The summed E-state index contributed by atoms with van der Waals surface area (Å²) < 4.78 is 7.53. The Morgan fingerprint density at radius 3 is 2.68 bits per heavy atom. The Kier molecular flexibility index (Phi) is 7.66. The molecule has 2 N–H and O–H groups in total. The zero-order valence-electron chi connectivity index (χ0n) is 17.7. The molecule has 2 aromatic carbocycles. The Hall–Kier alpha value is -3.33. The van der Waals surface area contributed by atoms with Gasteiger partial charge in [-0.3, -0.25) is 9.59 Å². The molecule has 0 bridgehead atoms. The van der Waals surface area contributed by atoms with Crippen LogP contribution in [-0.4, -0.2) is 38.9 Å². The van der Waals surface area contributed by atoms with E-state index >= 15 is 0 Å². The number of rotatable bonds is 9. The van der Waals surface area contributed by atoms with Crippen LogP contribution in [0.5, 0.6) is 5.75 Å². The summed E-state index contributed by atoms with van der Waals surface area (Å²) in [6.07, 6.45) is 1.58. The molecule has 2 amide bonds. The van der Waals surface area contributed by atoms with Gasteiger partial charge in [-0.25, -0.2) is 0 Å². The zero-order valence-corrected chi connectivity index (χ0v) is 18.5. The molecule has 0 aliphatic carbocycles. The number of amides is 2. The Balaban J connectivity index is 1.61. The molecule has 0 aliphatic heterocycles. The maximum Gasteiger partial charge on any atom is 0.255 e. The fraction of sp³-hybridized carbons (Fsp3) is 0.273. The van der Waals surface area contributed by atoms with Gasteiger partial charge in [0.25, 0.3) is 5.91 Å². The predicted molar refractivity (Wildman–Crippen MR) is 122 cm³/mol. The summed E-state index contributed by atoms with van der Waals surface area (Å²) in [5, 5.41) is 14.1. The van der Waals surface area contributed by atoms with E-state index in [-0.39, 0.29) is 17.6 Å². The number of thioether (sulfide) groups is 1. The number of nitrogens with zero attached hydrogens (tertiary/aromatic N) is 3. The second kappa shape index (κ2) is 10.6. The number of ether oxygens (including phenoxy) is 1. The monoisotopic (exact) mass is 439 g/mol. The van der Waals surface area contributed by atoms with Gasteiger partial charge in [0.15, 0.2) is 5.16 Å². The molecule has 0 aliphatic rings. The summed E-state index contributed by atoms with van der Waals surface area (Å²) in [6, 6.07) is 14.1. The van der Waals surface area contributed by atoms with Crippen LogP contribution < -0.4 is 15.4 Å². The summed E-state index contributed by atoms with van der Waals surface area (Å²) >= 11 is 1.29. The van der Waals surface area contributed by atoms with Gasteiger partial charge in [-0.05, 0) is 36.2 Å². The number of hydrogen-bond donors (Lipinski definition) is 2. The first kappa shape index (κ1) is 22.4. The summed E-state index contributed by atoms with van der Waals surface area (Å²) in [7, 11) is 1.81. The molecule has 1 heterocycles. The van der Waals surface area contributed by atoms with Crippen molar-refractivity contribution < 1.29 is 14.3 Å². The van der Waals surface area contributed by atoms with Gasteiger partial charge in [0.2, 0.25) is 5.91 Å². The quantitative estimate of drug-likeness (QED) is 0.492. The molecule has 0 saturated heterocycles. The summed E-state index contributed by atoms with van der Waals surface area (Å²) in [5.41, 5.74) is 1.57. The Labute approximate surface area is 185 Å². The number of para-hydroxylation sites is 2. The van der Waals surface area contributed by atoms with Crippen molar-refractivity contribution in [2.45, 2.75) is 19.0 Å². The Morgan fingerprint density at radius 2 is 1.94 bits per heavy atom. The number of benzene rings is 2. The molecule has 0 spiro atoms. The summed E-state index contributed by atoms with van der Waals surface area (Å²) in [6.45, 7) is 4.68. The van der Waals surface area contributed by atoms with Gasteiger partial charge in [0.05, 0.1) is 18.0 Å². The van der Waals surface area contributed by atoms with Gasteiger partial charge in [0, 0.05) is 18.3 Å². The van der Waals surface area contributed by atoms with Crippen LogP contribution >= 0.6 is 11.8 Å². The average Bonchev–Trinajstić information content (AvgIpc) is 3.16. The van der Waals surface area contributed by atoms with Crippen LogP contribution in [-0.2, 0) is 11.8 Å². The van der Waals surface area contributed by atoms with Crippen LogP contribution in [0.3, 0.4) is 0 Å². The average molecular weight is 440 g/mol. The fourth-order valence-corrected chi connectivity index (χ4v) is 3.30. The van der Waals surface area contributed by atoms with Gasteiger partial charge >= 0.3 is 0 Å². The van der Waals surface area contributed by atoms with E-state index in [0.29, 0.717) is 40.4 Å². The summed E-state index contributed by atoms with van der Waals surface area (Å²) in [4.78, 5) is 25.0. The van der Waals surface area contributed by atoms with E-state index in [4.69, 9.17) is 4.74 Å². The lowest BCUT2D eigenvalue weighted by molar-refractivity contribution is -0.113. The maximum atomic E-state index is 12.8. The van der Waals surface area contributed by atoms with Gasteiger partial charge in [-0.1, -0.05) is 43.8 Å². The molecule has 8 nitrogen and oxygen atoms in total. The van der Waals surface area contributed by atoms with Crippen LogP contribution in [0, 0.1) is 5.92 Å². The number of carbonyl (C=O) groups is 2. The molecule has 3 aromatic rings. The molecule has 0 unspecified atom stereocenters. The van der Waals surface area contributed by atoms with Crippen molar-refractivity contribution in [2.24, 2.45) is 13.0 Å². The SMILES string of the molecule is CC(C)COc1ccccc1NC(=O)c1cccc(NC(=O)CSc2nncn2C)c1. The molecule has 0 radical (unpaired) electrons. The maximum absolute atomic E-state index is 12.8. The second-order valence-electron chi connectivity index (χ2n) is 7.30. The van der Waals surface area contributed by atoms with E-state index in [1.54, 1.807) is 41.2 Å². The smallest absolute Gasteiger partial charge is 0.255 e. The third kappa shape index (κ3) is 6.58. The number of nitrogens with one attached hydrogen (secondary N) is 2. The van der Waals surface area contributed by atoms with E-state index in [1.807, 2.05) is 25.2 Å². The minimum atomic E-state index is -0.287. The van der Waals surface area contributed by atoms with Crippen molar-refractivity contribution in [3.63, 3.8) is 0 Å². The highest BCUT2D eigenvalue weighted by Gasteiger charge is 2.12. The standard InChI is InChI=1S/C22H25N5O3S/c1-15(2)12-30-19-10-5-4-9-18(19)25-21(29)16-7-6-8-17(11-16)24-20(28)13-31-22-26-23-14-27(22)3/h4-11,14-15H,12-13H2,1-3H3,(H,24,28)(H,25,29). The normalized spacial score (nSPS) is 10.7. The molecule has 9 heteroatoms. The van der Waals surface area contributed by atoms with Gasteiger partial charge < -0.3 is 19.9 Å². The van der Waals surface area contributed by atoms with Gasteiger partial charge in [-0.2, -0.15) is 0 Å². The molecule has 0 fully saturated rings. The topological polar surface area (TPSA) is 98.1 Å². The number of hydrogen-bond acceptors (Lipinski definition) is 6. The van der Waals surface area contributed by atoms with Crippen molar-refractivity contribution in [3.8, 4) is 5.75 Å². The second-order valence-corrected chi connectivity index (χ2v) is 8.24. The number of carbonyl (C=O) groups excluding carboxylic acids is 2. The van der Waals surface area contributed by atoms with Crippen LogP contribution in [0.2, 0.25) is 0 Å². The highest BCUT2D eigenvalue weighted by molar-refractivity contribution is 7.99. The number of aryl methyl sites for hydroxylation is 1. The van der Waals surface area contributed by atoms with Crippen molar-refractivity contribution in [1.29, 1.82) is 0 Å². The zero-order chi connectivity index (χ0) is 22.2. The van der Waals surface area contributed by atoms with Gasteiger partial charge in [0.1, 0.15) is 12.1 Å². The van der Waals surface area contributed by atoms with E-state index in [1.165, 1.54) is 11.8 Å². The minimum absolute atomic E-state index is 0.184. The summed E-state index contributed by atoms with van der Waals surface area (Å²) in [5.74, 6) is 0.692. The van der Waals surface area contributed by atoms with Crippen molar-refractivity contribution in [1.82, 2.24) is 14.8 Å². The molecule has 1 aromatic heterocycles.